The molecular formula is C66H38N4O2. The first kappa shape index (κ1) is 22.3. The molecule has 0 amide bonds. The minimum Gasteiger partial charge on any atom is -0.454 e. The molecule has 11 aromatic carbocycles. The summed E-state index contributed by atoms with van der Waals surface area (Å²) in [6.45, 7) is 0. The number of para-hydroxylation sites is 8. The van der Waals surface area contributed by atoms with Crippen molar-refractivity contribution in [3.63, 3.8) is 0 Å². The largest absolute Gasteiger partial charge is 0.454 e. The van der Waals surface area contributed by atoms with Gasteiger partial charge in [-0.25, -0.2) is 0 Å². The van der Waals surface area contributed by atoms with E-state index in [4.69, 9.17) is 19.8 Å². The molecule has 0 fully saturated rings. The van der Waals surface area contributed by atoms with Crippen LogP contribution in [0, 0.1) is 0 Å². The van der Waals surface area contributed by atoms with Gasteiger partial charge in [0, 0.05) is 76.0 Å². The molecule has 0 aliphatic carbocycles. The van der Waals surface area contributed by atoms with E-state index in [9.17, 15) is 21.9 Å². The molecule has 17 aromatic rings. The SMILES string of the molecule is [2H]c1c([2H])c([2H])c(N(c2cccc3c2oc2ccccc23)c2c([2H])c([2H])c3c4c([2H])c5c(c([2H])c4n4c6c([2H])c([2H])c([2H])c([2H])c6c2c34)c2c([2H])c([2H])c(N(c3c([2H])c([2H])c([2H])c([2H])c3[2H])c3cccc4c3oc3ccccc34)c3c4c([2H])c([2H])c([2H])c([2H])c4n5c23)c([2H])c1[2H]. The first-order valence-electron chi connectivity index (χ1n) is 34.6. The first-order valence-corrected chi connectivity index (χ1v) is 22.6. The fourth-order valence-electron chi connectivity index (χ4n) is 11.0. The smallest absolute Gasteiger partial charge is 0.159 e. The van der Waals surface area contributed by atoms with Crippen LogP contribution in [0.4, 0.5) is 34.1 Å². The van der Waals surface area contributed by atoms with Gasteiger partial charge in [0.2, 0.25) is 0 Å². The molecule has 6 aromatic heterocycles. The summed E-state index contributed by atoms with van der Waals surface area (Å²) in [5.41, 5.74) is -3.02. The van der Waals surface area contributed by atoms with E-state index in [1.807, 2.05) is 0 Å². The van der Waals surface area contributed by atoms with E-state index < -0.39 is 168 Å². The highest BCUT2D eigenvalue weighted by Gasteiger charge is 2.29. The highest BCUT2D eigenvalue weighted by atomic mass is 16.3. The van der Waals surface area contributed by atoms with Crippen molar-refractivity contribution in [2.45, 2.75) is 0 Å². The molecule has 17 rings (SSSR count). The topological polar surface area (TPSA) is 41.6 Å². The third-order valence-electron chi connectivity index (χ3n) is 13.8. The van der Waals surface area contributed by atoms with Gasteiger partial charge in [0.1, 0.15) is 11.2 Å². The second-order valence-electron chi connectivity index (χ2n) is 17.3. The van der Waals surface area contributed by atoms with E-state index >= 15 is 0 Å². The van der Waals surface area contributed by atoms with Gasteiger partial charge in [-0.2, -0.15) is 0 Å². The number of nitrogens with zero attached hydrogens (tertiary/aromatic N) is 4. The molecule has 0 aliphatic rings. The van der Waals surface area contributed by atoms with Crippen LogP contribution in [0.15, 0.2) is 239 Å². The Morgan fingerprint density at radius 1 is 0.319 bits per heavy atom. The zero-order valence-corrected chi connectivity index (χ0v) is 36.7. The highest BCUT2D eigenvalue weighted by Crippen LogP contribution is 2.53. The molecule has 0 N–H and O–H groups in total. The highest BCUT2D eigenvalue weighted by molar-refractivity contribution is 6.32. The fourth-order valence-corrected chi connectivity index (χ4v) is 11.0. The van der Waals surface area contributed by atoms with Crippen molar-refractivity contribution in [1.29, 1.82) is 0 Å². The quantitative estimate of drug-likeness (QED) is 0.167. The van der Waals surface area contributed by atoms with Crippen LogP contribution in [0.5, 0.6) is 0 Å². The number of hydrogen-bond donors (Lipinski definition) is 0. The van der Waals surface area contributed by atoms with Gasteiger partial charge in [-0.3, -0.25) is 0 Å². The Morgan fingerprint density at radius 3 is 1.21 bits per heavy atom. The number of furan rings is 2. The van der Waals surface area contributed by atoms with Crippen LogP contribution in [0.25, 0.3) is 120 Å². The molecule has 0 aliphatic heterocycles. The minimum atomic E-state index is -0.801. The third kappa shape index (κ3) is 4.87. The molecule has 0 bridgehead atoms. The molecule has 334 valence electrons. The van der Waals surface area contributed by atoms with Gasteiger partial charge in [0.05, 0.1) is 88.7 Å². The monoisotopic (exact) mass is 942 g/mol. The van der Waals surface area contributed by atoms with Gasteiger partial charge in [0.15, 0.2) is 11.2 Å². The summed E-state index contributed by atoms with van der Waals surface area (Å²) in [6.07, 6.45) is 0. The van der Waals surface area contributed by atoms with Gasteiger partial charge < -0.3 is 27.4 Å². The second kappa shape index (κ2) is 13.9. The summed E-state index contributed by atoms with van der Waals surface area (Å²) in [6, 6.07) is 5.42. The lowest BCUT2D eigenvalue weighted by Gasteiger charge is -2.26. The molecule has 6 heteroatoms. The number of anilines is 6. The Balaban J connectivity index is 1.10. The lowest BCUT2D eigenvalue weighted by Crippen LogP contribution is -2.10. The van der Waals surface area contributed by atoms with E-state index in [-0.39, 0.29) is 98.7 Å². The maximum absolute atomic E-state index is 10.7. The molecule has 6 nitrogen and oxygen atoms in total. The lowest BCUT2D eigenvalue weighted by atomic mass is 10.0. The maximum atomic E-state index is 10.7. The Kier molecular flexibility index (Phi) is 4.32. The normalized spacial score (nSPS) is 17.1. The molecule has 0 atom stereocenters. The van der Waals surface area contributed by atoms with Gasteiger partial charge in [-0.05, 0) is 84.7 Å². The maximum Gasteiger partial charge on any atom is 0.159 e. The van der Waals surface area contributed by atoms with Gasteiger partial charge in [0.25, 0.3) is 0 Å². The van der Waals surface area contributed by atoms with Gasteiger partial charge in [-0.15, -0.1) is 0 Å². The minimum absolute atomic E-state index is 0.0402. The van der Waals surface area contributed by atoms with Crippen molar-refractivity contribution in [2.24, 2.45) is 0 Å². The van der Waals surface area contributed by atoms with Crippen LogP contribution in [0.3, 0.4) is 0 Å². The van der Waals surface area contributed by atoms with Crippen LogP contribution in [0.1, 0.15) is 32.9 Å². The van der Waals surface area contributed by atoms with Crippen LogP contribution in [0.2, 0.25) is 0 Å². The molecule has 0 radical (unpaired) electrons. The summed E-state index contributed by atoms with van der Waals surface area (Å²) in [7, 11) is 0. The second-order valence-corrected chi connectivity index (χ2v) is 17.3. The van der Waals surface area contributed by atoms with Crippen molar-refractivity contribution in [3.8, 4) is 0 Å². The van der Waals surface area contributed by atoms with Crippen molar-refractivity contribution >= 4 is 154 Å². The summed E-state index contributed by atoms with van der Waals surface area (Å²) in [4.78, 5) is 2.27. The molecular weight excluding hydrogens is 881 g/mol. The number of aromatic nitrogens is 2. The Morgan fingerprint density at radius 2 is 0.736 bits per heavy atom. The lowest BCUT2D eigenvalue weighted by molar-refractivity contribution is 0.669. The van der Waals surface area contributed by atoms with Crippen molar-refractivity contribution in [2.75, 3.05) is 9.80 Å². The molecule has 72 heavy (non-hydrogen) atoms. The van der Waals surface area contributed by atoms with E-state index in [0.29, 0.717) is 32.7 Å². The third-order valence-corrected chi connectivity index (χ3v) is 13.8. The Hall–Kier alpha value is -9.78. The van der Waals surface area contributed by atoms with E-state index in [0.717, 1.165) is 9.80 Å². The van der Waals surface area contributed by atoms with E-state index in [1.54, 1.807) is 72.8 Å². The summed E-state index contributed by atoms with van der Waals surface area (Å²) in [5, 5.41) is -0.289. The fraction of sp³-hybridized carbons (Fsp3) is 0. The average Bonchev–Trinajstić information content (AvgIpc) is 1.48. The zero-order chi connectivity index (χ0) is 67.6. The predicted molar refractivity (Wildman–Crippen MR) is 300 cm³/mol. The van der Waals surface area contributed by atoms with Gasteiger partial charge >= 0.3 is 0 Å². The van der Waals surface area contributed by atoms with Crippen LogP contribution < -0.4 is 9.80 Å². The average molecular weight is 943 g/mol. The first-order chi connectivity index (χ1) is 45.8. The number of hydrogen-bond acceptors (Lipinski definition) is 4. The summed E-state index contributed by atoms with van der Waals surface area (Å²) in [5.74, 6) is 0. The van der Waals surface area contributed by atoms with Crippen LogP contribution in [-0.4, -0.2) is 8.80 Å². The van der Waals surface area contributed by atoms with Crippen LogP contribution >= 0.6 is 0 Å². The van der Waals surface area contributed by atoms with E-state index in [1.165, 1.54) is 20.9 Å². The van der Waals surface area contributed by atoms with E-state index in [2.05, 4.69) is 0 Å². The molecule has 0 spiro atoms. The van der Waals surface area contributed by atoms with Crippen LogP contribution in [-0.2, 0) is 0 Å². The summed E-state index contributed by atoms with van der Waals surface area (Å²) < 4.78 is 245. The molecule has 0 saturated heterocycles. The Bertz CT molecular complexity index is 6100. The molecule has 6 heterocycles. The molecule has 0 unspecified atom stereocenters. The van der Waals surface area contributed by atoms with Gasteiger partial charge in [-0.1, -0.05) is 145 Å². The van der Waals surface area contributed by atoms with Crippen molar-refractivity contribution < 1.29 is 41.7 Å². The number of fused-ring (bicyclic) bond motifs is 18. The number of rotatable bonds is 6. The summed E-state index contributed by atoms with van der Waals surface area (Å²) >= 11 is 0. The molecule has 0 saturated carbocycles. The van der Waals surface area contributed by atoms with Crippen molar-refractivity contribution in [3.05, 3.63) is 230 Å². The Labute approximate surface area is 443 Å². The van der Waals surface area contributed by atoms with Crippen molar-refractivity contribution in [1.82, 2.24) is 8.80 Å². The standard InChI is InChI=1S/C66H38N4O2/c1-3-17-39(18-4-1)67(55-29-15-25-45-41-21-9-13-31-59(41)71-65(45)55)53-35-33-43-49-37-58-50(38-57(49)69-51-27-11-7-23-47(51)61(53)63(43)69)44-34-36-54(62-48-24-8-12-28-52(48)70(58)64(44)62)68(40-19-5-2-6-20-40)56-30-16-26-46-42-22-10-14-32-60(42)72-66(46)56/h1-38H/i1D,2D,3D,4D,5D,6D,7D,8D,11D,12D,17D,18D,19D,20D,23D,24D,27D,28D,33D,34D,35D,36D,37D,38D. The number of benzene rings is 11. The predicted octanol–water partition coefficient (Wildman–Crippen LogP) is 18.7. The zero-order valence-electron chi connectivity index (χ0n) is 60.7.